The van der Waals surface area contributed by atoms with Crippen LogP contribution in [0.4, 0.5) is 11.4 Å². The normalized spacial score (nSPS) is 11.2. The molecule has 1 heterocycles. The first kappa shape index (κ1) is 15.1. The van der Waals surface area contributed by atoms with Gasteiger partial charge in [-0.3, -0.25) is 4.79 Å². The fourth-order valence-electron chi connectivity index (χ4n) is 2.07. The van der Waals surface area contributed by atoms with E-state index in [-0.39, 0.29) is 11.3 Å². The van der Waals surface area contributed by atoms with Crippen molar-refractivity contribution < 1.29 is 9.21 Å². The van der Waals surface area contributed by atoms with Crippen LogP contribution in [0, 0.1) is 0 Å². The maximum atomic E-state index is 11.7. The third-order valence-corrected chi connectivity index (χ3v) is 3.42. The van der Waals surface area contributed by atoms with Crippen molar-refractivity contribution in [3.63, 3.8) is 0 Å². The maximum absolute atomic E-state index is 11.7. The summed E-state index contributed by atoms with van der Waals surface area (Å²) < 4.78 is 5.12. The number of carbonyl (C=O) groups excluding carboxylic acids is 1. The molecule has 5 nitrogen and oxygen atoms in total. The Morgan fingerprint density at radius 3 is 2.48 bits per heavy atom. The SMILES string of the molecule is CC(=O)c1cc2cc(N=Nc3cccc(Cl)c3)ccc2oc1=O. The van der Waals surface area contributed by atoms with E-state index < -0.39 is 5.63 Å². The molecule has 0 saturated carbocycles. The van der Waals surface area contributed by atoms with Crippen LogP contribution in [0.2, 0.25) is 5.02 Å². The van der Waals surface area contributed by atoms with Gasteiger partial charge in [0.25, 0.3) is 0 Å². The number of nitrogens with zero attached hydrogens (tertiary/aromatic N) is 2. The van der Waals surface area contributed by atoms with E-state index in [1.807, 2.05) is 0 Å². The Morgan fingerprint density at radius 1 is 1.04 bits per heavy atom. The highest BCUT2D eigenvalue weighted by molar-refractivity contribution is 6.30. The van der Waals surface area contributed by atoms with Crippen LogP contribution in [0.25, 0.3) is 11.0 Å². The van der Waals surface area contributed by atoms with E-state index in [4.69, 9.17) is 16.0 Å². The molecule has 0 spiro atoms. The number of benzene rings is 2. The van der Waals surface area contributed by atoms with Crippen molar-refractivity contribution in [2.24, 2.45) is 10.2 Å². The average Bonchev–Trinajstić information content (AvgIpc) is 2.52. The number of ketones is 1. The van der Waals surface area contributed by atoms with Crippen molar-refractivity contribution in [3.8, 4) is 0 Å². The van der Waals surface area contributed by atoms with Gasteiger partial charge in [-0.25, -0.2) is 4.79 Å². The minimum atomic E-state index is -0.640. The van der Waals surface area contributed by atoms with E-state index >= 15 is 0 Å². The predicted molar refractivity (Wildman–Crippen MR) is 88.1 cm³/mol. The smallest absolute Gasteiger partial charge is 0.347 e. The number of azo groups is 1. The Hall–Kier alpha value is -2.79. The molecular weight excluding hydrogens is 316 g/mol. The molecule has 0 bridgehead atoms. The van der Waals surface area contributed by atoms with E-state index in [2.05, 4.69) is 10.2 Å². The van der Waals surface area contributed by atoms with Crippen LogP contribution in [0.3, 0.4) is 0 Å². The van der Waals surface area contributed by atoms with Crippen molar-refractivity contribution in [2.75, 3.05) is 0 Å². The topological polar surface area (TPSA) is 72.0 Å². The van der Waals surface area contributed by atoms with E-state index in [1.165, 1.54) is 13.0 Å². The Kier molecular flexibility index (Phi) is 4.04. The lowest BCUT2D eigenvalue weighted by Crippen LogP contribution is -2.10. The standard InChI is InChI=1S/C17H11ClN2O3/c1-10(21)15-8-11-7-14(5-6-16(11)23-17(15)22)20-19-13-4-2-3-12(18)9-13/h2-9H,1H3. The van der Waals surface area contributed by atoms with Gasteiger partial charge >= 0.3 is 5.63 Å². The van der Waals surface area contributed by atoms with Crippen LogP contribution in [0.15, 0.2) is 68.0 Å². The molecule has 0 unspecified atom stereocenters. The molecule has 0 N–H and O–H groups in total. The van der Waals surface area contributed by atoms with Crippen molar-refractivity contribution in [2.45, 2.75) is 6.92 Å². The van der Waals surface area contributed by atoms with Gasteiger partial charge in [0.15, 0.2) is 5.78 Å². The second kappa shape index (κ2) is 6.14. The van der Waals surface area contributed by atoms with Crippen LogP contribution in [-0.4, -0.2) is 5.78 Å². The van der Waals surface area contributed by atoms with Gasteiger partial charge in [-0.15, -0.1) is 0 Å². The molecule has 0 aliphatic rings. The molecule has 6 heteroatoms. The highest BCUT2D eigenvalue weighted by Gasteiger charge is 2.09. The minimum absolute atomic E-state index is 0.0152. The van der Waals surface area contributed by atoms with Gasteiger partial charge in [-0.2, -0.15) is 10.2 Å². The van der Waals surface area contributed by atoms with Crippen LogP contribution < -0.4 is 5.63 Å². The van der Waals surface area contributed by atoms with Crippen molar-refractivity contribution >= 4 is 39.7 Å². The van der Waals surface area contributed by atoms with E-state index in [9.17, 15) is 9.59 Å². The Bertz CT molecular complexity index is 993. The predicted octanol–water partition coefficient (Wildman–Crippen LogP) is 5.06. The second-order valence-corrected chi connectivity index (χ2v) is 5.34. The zero-order chi connectivity index (χ0) is 16.4. The summed E-state index contributed by atoms with van der Waals surface area (Å²) in [4.78, 5) is 23.1. The molecular formula is C17H11ClN2O3. The molecule has 0 atom stereocenters. The molecule has 0 saturated heterocycles. The number of hydrogen-bond donors (Lipinski definition) is 0. The lowest BCUT2D eigenvalue weighted by atomic mass is 10.1. The second-order valence-electron chi connectivity index (χ2n) is 4.91. The number of fused-ring (bicyclic) bond motifs is 1. The molecule has 0 fully saturated rings. The van der Waals surface area contributed by atoms with E-state index in [0.717, 1.165) is 0 Å². The summed E-state index contributed by atoms with van der Waals surface area (Å²) in [5.41, 5.74) is 0.962. The molecule has 23 heavy (non-hydrogen) atoms. The molecule has 2 aromatic carbocycles. The molecule has 0 amide bonds. The van der Waals surface area contributed by atoms with Gasteiger partial charge in [-0.1, -0.05) is 17.7 Å². The van der Waals surface area contributed by atoms with Crippen LogP contribution in [0.5, 0.6) is 0 Å². The summed E-state index contributed by atoms with van der Waals surface area (Å²) in [7, 11) is 0. The zero-order valence-electron chi connectivity index (χ0n) is 12.1. The summed E-state index contributed by atoms with van der Waals surface area (Å²) in [6, 6.07) is 13.5. The molecule has 114 valence electrons. The summed E-state index contributed by atoms with van der Waals surface area (Å²) >= 11 is 5.89. The summed E-state index contributed by atoms with van der Waals surface area (Å²) in [5.74, 6) is -0.341. The largest absolute Gasteiger partial charge is 0.422 e. The quantitative estimate of drug-likeness (QED) is 0.383. The lowest BCUT2D eigenvalue weighted by molar-refractivity contribution is 0.101. The summed E-state index contributed by atoms with van der Waals surface area (Å²) in [5, 5.41) is 9.41. The van der Waals surface area contributed by atoms with Crippen LogP contribution >= 0.6 is 11.6 Å². The van der Waals surface area contributed by atoms with Crippen molar-refractivity contribution in [1.29, 1.82) is 0 Å². The zero-order valence-corrected chi connectivity index (χ0v) is 12.9. The molecule has 0 aliphatic carbocycles. The minimum Gasteiger partial charge on any atom is -0.422 e. The van der Waals surface area contributed by atoms with E-state index in [0.29, 0.717) is 27.4 Å². The van der Waals surface area contributed by atoms with Gasteiger partial charge in [0.05, 0.1) is 11.4 Å². The van der Waals surface area contributed by atoms with Gasteiger partial charge in [0.1, 0.15) is 11.1 Å². The van der Waals surface area contributed by atoms with Crippen molar-refractivity contribution in [1.82, 2.24) is 0 Å². The maximum Gasteiger partial charge on any atom is 0.347 e. The highest BCUT2D eigenvalue weighted by atomic mass is 35.5. The molecule has 1 aromatic heterocycles. The Morgan fingerprint density at radius 2 is 1.78 bits per heavy atom. The molecule has 0 radical (unpaired) electrons. The molecule has 3 rings (SSSR count). The van der Waals surface area contributed by atoms with Gasteiger partial charge in [0.2, 0.25) is 0 Å². The third-order valence-electron chi connectivity index (χ3n) is 3.18. The van der Waals surface area contributed by atoms with Crippen LogP contribution in [0.1, 0.15) is 17.3 Å². The first-order valence-corrected chi connectivity index (χ1v) is 7.17. The fourth-order valence-corrected chi connectivity index (χ4v) is 2.26. The number of halogens is 1. The first-order chi connectivity index (χ1) is 11.0. The molecule has 0 aliphatic heterocycles. The van der Waals surface area contributed by atoms with Gasteiger partial charge in [0, 0.05) is 10.4 Å². The Balaban J connectivity index is 2.01. The number of hydrogen-bond acceptors (Lipinski definition) is 5. The summed E-state index contributed by atoms with van der Waals surface area (Å²) in [6.45, 7) is 1.32. The molecule has 3 aromatic rings. The van der Waals surface area contributed by atoms with Gasteiger partial charge < -0.3 is 4.42 Å². The fraction of sp³-hybridized carbons (Fsp3) is 0.0588. The average molecular weight is 327 g/mol. The number of carbonyl (C=O) groups is 1. The number of rotatable bonds is 3. The monoisotopic (exact) mass is 326 g/mol. The first-order valence-electron chi connectivity index (χ1n) is 6.79. The van der Waals surface area contributed by atoms with Crippen molar-refractivity contribution in [3.05, 3.63) is 69.5 Å². The number of Topliss-reactive ketones (excluding diaryl/α,β-unsaturated/α-hetero) is 1. The van der Waals surface area contributed by atoms with Gasteiger partial charge in [-0.05, 0) is 49.4 Å². The summed E-state index contributed by atoms with van der Waals surface area (Å²) in [6.07, 6.45) is 0. The van der Waals surface area contributed by atoms with Crippen LogP contribution in [-0.2, 0) is 0 Å². The lowest BCUT2D eigenvalue weighted by Gasteiger charge is -2.00. The highest BCUT2D eigenvalue weighted by Crippen LogP contribution is 2.24. The van der Waals surface area contributed by atoms with E-state index in [1.54, 1.807) is 42.5 Å². The third kappa shape index (κ3) is 3.35. The Labute approximate surface area is 136 Å².